The van der Waals surface area contributed by atoms with Crippen LogP contribution < -0.4 is 5.73 Å². The summed E-state index contributed by atoms with van der Waals surface area (Å²) in [5.41, 5.74) is 5.34. The summed E-state index contributed by atoms with van der Waals surface area (Å²) >= 11 is 0. The van der Waals surface area contributed by atoms with Crippen LogP contribution >= 0.6 is 0 Å². The molecule has 0 saturated heterocycles. The normalized spacial score (nSPS) is 14.2. The molecular weight excluding hydrogens is 294 g/mol. The molecule has 0 saturated carbocycles. The van der Waals surface area contributed by atoms with Crippen molar-refractivity contribution < 1.29 is 20.4 Å². The van der Waals surface area contributed by atoms with Gasteiger partial charge in [0.1, 0.15) is 5.76 Å². The zero-order chi connectivity index (χ0) is 17.6. The zero-order valence-electron chi connectivity index (χ0n) is 14.7. The Kier molecular flexibility index (Phi) is 13.4. The standard InChI is InChI=1S/C18H37NO4/c1-2-3-4-5-6-7-8-9-10-11-12-13-14-17(21)18(22,23)16(19)15-20/h14,16,20-23H,2-13,15,19H2,1H3/b17-14-. The lowest BCUT2D eigenvalue weighted by Gasteiger charge is -2.26. The summed E-state index contributed by atoms with van der Waals surface area (Å²) in [7, 11) is 0. The Hall–Kier alpha value is -0.620. The Balaban J connectivity index is 3.56. The van der Waals surface area contributed by atoms with Crippen molar-refractivity contribution in [1.29, 1.82) is 0 Å². The van der Waals surface area contributed by atoms with Crippen LogP contribution in [0.2, 0.25) is 0 Å². The monoisotopic (exact) mass is 331 g/mol. The Morgan fingerprint density at radius 2 is 1.35 bits per heavy atom. The largest absolute Gasteiger partial charge is 0.507 e. The number of hydrogen-bond acceptors (Lipinski definition) is 5. The summed E-state index contributed by atoms with van der Waals surface area (Å²) in [6.45, 7) is 1.63. The summed E-state index contributed by atoms with van der Waals surface area (Å²) < 4.78 is 0. The summed E-state index contributed by atoms with van der Waals surface area (Å²) in [6, 6.07) is -1.31. The molecule has 0 amide bonds. The molecule has 1 unspecified atom stereocenters. The molecule has 0 bridgehead atoms. The molecular formula is C18H37NO4. The maximum Gasteiger partial charge on any atom is 0.240 e. The van der Waals surface area contributed by atoms with Gasteiger partial charge >= 0.3 is 0 Å². The predicted molar refractivity (Wildman–Crippen MR) is 94.0 cm³/mol. The minimum absolute atomic E-state index is 0.573. The van der Waals surface area contributed by atoms with Crippen LogP contribution in [0.3, 0.4) is 0 Å². The number of aliphatic hydroxyl groups excluding tert-OH is 2. The van der Waals surface area contributed by atoms with E-state index in [1.54, 1.807) is 0 Å². The molecule has 5 heteroatoms. The van der Waals surface area contributed by atoms with Crippen LogP contribution in [-0.4, -0.2) is 38.9 Å². The average molecular weight is 331 g/mol. The van der Waals surface area contributed by atoms with Gasteiger partial charge in [0.05, 0.1) is 12.6 Å². The third-order valence-corrected chi connectivity index (χ3v) is 4.24. The van der Waals surface area contributed by atoms with Crippen molar-refractivity contribution in [2.75, 3.05) is 6.61 Å². The molecule has 0 aliphatic heterocycles. The van der Waals surface area contributed by atoms with Gasteiger partial charge in [0.2, 0.25) is 5.79 Å². The van der Waals surface area contributed by atoms with E-state index in [0.29, 0.717) is 6.42 Å². The van der Waals surface area contributed by atoms with Gasteiger partial charge in [0, 0.05) is 0 Å². The van der Waals surface area contributed by atoms with Gasteiger partial charge in [0.25, 0.3) is 0 Å². The second-order valence-corrected chi connectivity index (χ2v) is 6.43. The van der Waals surface area contributed by atoms with Crippen molar-refractivity contribution >= 4 is 0 Å². The van der Waals surface area contributed by atoms with Crippen molar-refractivity contribution in [2.24, 2.45) is 5.73 Å². The molecule has 0 aromatic carbocycles. The molecule has 0 aromatic rings. The topological polar surface area (TPSA) is 107 Å². The lowest BCUT2D eigenvalue weighted by atomic mass is 10.0. The van der Waals surface area contributed by atoms with Crippen LogP contribution in [0.5, 0.6) is 0 Å². The van der Waals surface area contributed by atoms with Crippen LogP contribution in [0, 0.1) is 0 Å². The van der Waals surface area contributed by atoms with Gasteiger partial charge in [-0.15, -0.1) is 0 Å². The van der Waals surface area contributed by atoms with E-state index in [1.165, 1.54) is 63.9 Å². The highest BCUT2D eigenvalue weighted by Gasteiger charge is 2.35. The highest BCUT2D eigenvalue weighted by molar-refractivity contribution is 5.07. The highest BCUT2D eigenvalue weighted by Crippen LogP contribution is 2.17. The van der Waals surface area contributed by atoms with Gasteiger partial charge in [-0.1, -0.05) is 71.1 Å². The molecule has 5 nitrogen and oxygen atoms in total. The average Bonchev–Trinajstić information content (AvgIpc) is 2.54. The predicted octanol–water partition coefficient (Wildman–Crippen LogP) is 3.13. The molecule has 0 aliphatic rings. The minimum atomic E-state index is -2.55. The fourth-order valence-corrected chi connectivity index (χ4v) is 2.51. The molecule has 0 rings (SSSR count). The molecule has 0 aromatic heterocycles. The first-order chi connectivity index (χ1) is 11.0. The zero-order valence-corrected chi connectivity index (χ0v) is 14.7. The van der Waals surface area contributed by atoms with E-state index < -0.39 is 24.2 Å². The van der Waals surface area contributed by atoms with Gasteiger partial charge in [-0.3, -0.25) is 0 Å². The van der Waals surface area contributed by atoms with Crippen molar-refractivity contribution in [3.63, 3.8) is 0 Å². The summed E-state index contributed by atoms with van der Waals surface area (Å²) in [6.07, 6.45) is 15.6. The van der Waals surface area contributed by atoms with Crippen molar-refractivity contribution in [3.8, 4) is 0 Å². The van der Waals surface area contributed by atoms with E-state index in [1.807, 2.05) is 0 Å². The van der Waals surface area contributed by atoms with Gasteiger partial charge in [-0.25, -0.2) is 0 Å². The second kappa shape index (κ2) is 13.8. The van der Waals surface area contributed by atoms with Crippen LogP contribution in [0.15, 0.2) is 11.8 Å². The van der Waals surface area contributed by atoms with Gasteiger partial charge < -0.3 is 26.2 Å². The maximum atomic E-state index is 9.61. The van der Waals surface area contributed by atoms with Crippen molar-refractivity contribution in [1.82, 2.24) is 0 Å². The highest BCUT2D eigenvalue weighted by atomic mass is 16.5. The lowest BCUT2D eigenvalue weighted by molar-refractivity contribution is -0.173. The molecule has 1 atom stereocenters. The fourth-order valence-electron chi connectivity index (χ4n) is 2.51. The van der Waals surface area contributed by atoms with E-state index >= 15 is 0 Å². The Bertz CT molecular complexity index is 305. The molecule has 0 heterocycles. The van der Waals surface area contributed by atoms with E-state index in [0.717, 1.165) is 12.8 Å². The third-order valence-electron chi connectivity index (χ3n) is 4.24. The van der Waals surface area contributed by atoms with E-state index in [9.17, 15) is 15.3 Å². The summed E-state index contributed by atoms with van der Waals surface area (Å²) in [5.74, 6) is -3.13. The van der Waals surface area contributed by atoms with Crippen molar-refractivity contribution in [2.45, 2.75) is 95.8 Å². The number of hydrogen-bond donors (Lipinski definition) is 5. The first-order valence-corrected chi connectivity index (χ1v) is 9.17. The number of rotatable bonds is 15. The molecule has 6 N–H and O–H groups in total. The smallest absolute Gasteiger partial charge is 0.240 e. The van der Waals surface area contributed by atoms with E-state index in [4.69, 9.17) is 10.8 Å². The number of unbranched alkanes of at least 4 members (excludes halogenated alkanes) is 11. The SMILES string of the molecule is CCCCCCCCCCCCC/C=C(\O)C(O)(O)C(N)CO. The summed E-state index contributed by atoms with van der Waals surface area (Å²) in [5, 5.41) is 37.6. The first kappa shape index (κ1) is 22.4. The second-order valence-electron chi connectivity index (χ2n) is 6.43. The van der Waals surface area contributed by atoms with E-state index in [2.05, 4.69) is 6.92 Å². The minimum Gasteiger partial charge on any atom is -0.507 e. The van der Waals surface area contributed by atoms with Crippen LogP contribution in [0.4, 0.5) is 0 Å². The number of allylic oxidation sites excluding steroid dienone is 1. The molecule has 138 valence electrons. The Morgan fingerprint density at radius 3 is 1.78 bits per heavy atom. The molecule has 23 heavy (non-hydrogen) atoms. The van der Waals surface area contributed by atoms with Crippen molar-refractivity contribution in [3.05, 3.63) is 11.8 Å². The third kappa shape index (κ3) is 10.7. The lowest BCUT2D eigenvalue weighted by Crippen LogP contribution is -2.51. The molecule has 0 fully saturated rings. The molecule has 0 radical (unpaired) electrons. The number of aliphatic hydroxyl groups is 4. The van der Waals surface area contributed by atoms with Crippen LogP contribution in [0.1, 0.15) is 84.0 Å². The van der Waals surface area contributed by atoms with Gasteiger partial charge in [-0.2, -0.15) is 0 Å². The Labute approximate surface area is 141 Å². The quantitative estimate of drug-likeness (QED) is 0.180. The van der Waals surface area contributed by atoms with E-state index in [-0.39, 0.29) is 0 Å². The maximum absolute atomic E-state index is 9.61. The first-order valence-electron chi connectivity index (χ1n) is 9.17. The van der Waals surface area contributed by atoms with Crippen LogP contribution in [0.25, 0.3) is 0 Å². The van der Waals surface area contributed by atoms with Crippen LogP contribution in [-0.2, 0) is 0 Å². The Morgan fingerprint density at radius 1 is 0.913 bits per heavy atom. The number of nitrogens with two attached hydrogens (primary N) is 1. The van der Waals surface area contributed by atoms with Gasteiger partial charge in [-0.05, 0) is 18.9 Å². The summed E-state index contributed by atoms with van der Waals surface area (Å²) in [4.78, 5) is 0. The van der Waals surface area contributed by atoms with Gasteiger partial charge in [0.15, 0.2) is 0 Å². The molecule has 0 aliphatic carbocycles. The molecule has 0 spiro atoms. The fraction of sp³-hybridized carbons (Fsp3) is 0.889.